The van der Waals surface area contributed by atoms with Crippen molar-refractivity contribution in [2.45, 2.75) is 32.0 Å². The van der Waals surface area contributed by atoms with E-state index in [4.69, 9.17) is 4.74 Å². The number of ether oxygens (including phenoxy) is 1. The third kappa shape index (κ3) is 3.24. The van der Waals surface area contributed by atoms with Crippen molar-refractivity contribution in [1.82, 2.24) is 23.9 Å². The average molecular weight is 410 g/mol. The Hall–Kier alpha value is -1.96. The summed E-state index contributed by atoms with van der Waals surface area (Å²) in [7, 11) is 2.06. The molecule has 160 valence electrons. The number of piperidine rings is 1. The van der Waals surface area contributed by atoms with Crippen molar-refractivity contribution in [3.8, 4) is 0 Å². The van der Waals surface area contributed by atoms with Crippen molar-refractivity contribution in [3.63, 3.8) is 0 Å². The highest BCUT2D eigenvalue weighted by atomic mass is 16.5. The number of hydrogen-bond acceptors (Lipinski definition) is 5. The maximum Gasteiger partial charge on any atom is 0.255 e. The Labute approximate surface area is 177 Å². The van der Waals surface area contributed by atoms with E-state index >= 15 is 0 Å². The molecule has 0 radical (unpaired) electrons. The van der Waals surface area contributed by atoms with E-state index in [2.05, 4.69) is 43.1 Å². The quantitative estimate of drug-likeness (QED) is 0.762. The van der Waals surface area contributed by atoms with Gasteiger partial charge in [-0.3, -0.25) is 14.6 Å². The van der Waals surface area contributed by atoms with Gasteiger partial charge in [0, 0.05) is 87.7 Å². The second kappa shape index (κ2) is 7.32. The van der Waals surface area contributed by atoms with Crippen LogP contribution in [0.5, 0.6) is 0 Å². The number of fused-ring (bicyclic) bond motifs is 5. The van der Waals surface area contributed by atoms with E-state index in [0.717, 1.165) is 70.4 Å². The first-order valence-corrected chi connectivity index (χ1v) is 11.4. The topological polar surface area (TPSA) is 55.5 Å². The average Bonchev–Trinajstić information content (AvgIpc) is 3.42. The molecule has 0 amide bonds. The van der Waals surface area contributed by atoms with Crippen molar-refractivity contribution in [3.05, 3.63) is 52.0 Å². The van der Waals surface area contributed by atoms with E-state index < -0.39 is 0 Å². The number of aromatic nitrogens is 3. The third-order valence-corrected chi connectivity index (χ3v) is 7.75. The maximum absolute atomic E-state index is 13.3. The number of rotatable bonds is 4. The number of likely N-dealkylation sites (tertiary alicyclic amines) is 2. The molecule has 2 bridgehead atoms. The zero-order valence-corrected chi connectivity index (χ0v) is 17.7. The highest BCUT2D eigenvalue weighted by molar-refractivity contribution is 5.22. The van der Waals surface area contributed by atoms with Gasteiger partial charge in [0.1, 0.15) is 5.82 Å². The fraction of sp³-hybridized carbons (Fsp3) is 0.652. The summed E-state index contributed by atoms with van der Waals surface area (Å²) in [6.07, 6.45) is 5.08. The molecule has 30 heavy (non-hydrogen) atoms. The molecule has 6 heterocycles. The maximum atomic E-state index is 13.3. The van der Waals surface area contributed by atoms with Crippen LogP contribution >= 0.6 is 0 Å². The smallest absolute Gasteiger partial charge is 0.255 e. The van der Waals surface area contributed by atoms with Crippen molar-refractivity contribution in [2.75, 3.05) is 39.4 Å². The monoisotopic (exact) mass is 409 g/mol. The molecule has 0 saturated carbocycles. The number of aryl methyl sites for hydroxylation is 1. The van der Waals surface area contributed by atoms with Gasteiger partial charge in [0.15, 0.2) is 0 Å². The molecular weight excluding hydrogens is 378 g/mol. The van der Waals surface area contributed by atoms with Crippen LogP contribution in [0.25, 0.3) is 0 Å². The van der Waals surface area contributed by atoms with Crippen molar-refractivity contribution in [2.24, 2.45) is 24.8 Å². The van der Waals surface area contributed by atoms with Gasteiger partial charge in [0.05, 0.1) is 19.8 Å². The number of pyridine rings is 1. The van der Waals surface area contributed by atoms with Crippen LogP contribution in [0.1, 0.15) is 29.4 Å². The number of hydrogen-bond donors (Lipinski definition) is 0. The van der Waals surface area contributed by atoms with Crippen molar-refractivity contribution < 1.29 is 4.74 Å². The van der Waals surface area contributed by atoms with Gasteiger partial charge in [-0.15, -0.1) is 0 Å². The summed E-state index contributed by atoms with van der Waals surface area (Å²) in [6.45, 7) is 8.51. The third-order valence-electron chi connectivity index (χ3n) is 7.75. The Morgan fingerprint density at radius 2 is 1.83 bits per heavy atom. The minimum Gasteiger partial charge on any atom is -0.381 e. The van der Waals surface area contributed by atoms with E-state index in [1.807, 2.05) is 12.4 Å². The molecule has 2 aromatic heterocycles. The molecule has 7 nitrogen and oxygen atoms in total. The van der Waals surface area contributed by atoms with Gasteiger partial charge in [-0.2, -0.15) is 0 Å². The molecule has 3 saturated heterocycles. The van der Waals surface area contributed by atoms with Gasteiger partial charge < -0.3 is 13.9 Å². The predicted octanol–water partition coefficient (Wildman–Crippen LogP) is 1.28. The molecule has 6 rings (SSSR count). The second-order valence-corrected chi connectivity index (χ2v) is 9.90. The van der Waals surface area contributed by atoms with Gasteiger partial charge in [0.25, 0.3) is 5.56 Å². The highest BCUT2D eigenvalue weighted by Crippen LogP contribution is 2.36. The normalized spacial score (nSPS) is 31.1. The lowest BCUT2D eigenvalue weighted by molar-refractivity contribution is 0.111. The Balaban J connectivity index is 1.19. The van der Waals surface area contributed by atoms with Crippen LogP contribution in [0.3, 0.4) is 0 Å². The lowest BCUT2D eigenvalue weighted by atomic mass is 9.83. The van der Waals surface area contributed by atoms with Crippen LogP contribution in [0.4, 0.5) is 0 Å². The number of nitrogens with zero attached hydrogens (tertiary/aromatic N) is 5. The largest absolute Gasteiger partial charge is 0.381 e. The van der Waals surface area contributed by atoms with Gasteiger partial charge in [0.2, 0.25) is 0 Å². The summed E-state index contributed by atoms with van der Waals surface area (Å²) in [5.74, 6) is 3.43. The Morgan fingerprint density at radius 1 is 1.03 bits per heavy atom. The highest BCUT2D eigenvalue weighted by Gasteiger charge is 2.38. The zero-order chi connectivity index (χ0) is 20.2. The summed E-state index contributed by atoms with van der Waals surface area (Å²) < 4.78 is 9.81. The summed E-state index contributed by atoms with van der Waals surface area (Å²) in [5, 5.41) is 0. The Kier molecular flexibility index (Phi) is 4.58. The first-order chi connectivity index (χ1) is 14.6. The molecule has 3 fully saturated rings. The summed E-state index contributed by atoms with van der Waals surface area (Å²) in [6, 6.07) is 4.35. The summed E-state index contributed by atoms with van der Waals surface area (Å²) in [5.41, 5.74) is 2.44. The first-order valence-electron chi connectivity index (χ1n) is 11.4. The van der Waals surface area contributed by atoms with E-state index in [-0.39, 0.29) is 5.56 Å². The van der Waals surface area contributed by atoms with E-state index in [9.17, 15) is 4.79 Å². The molecule has 4 aliphatic rings. The molecular formula is C23H31N5O2. The first kappa shape index (κ1) is 18.8. The van der Waals surface area contributed by atoms with Crippen LogP contribution in [-0.2, 0) is 31.4 Å². The van der Waals surface area contributed by atoms with Crippen molar-refractivity contribution in [1.29, 1.82) is 0 Å². The molecule has 4 aliphatic heterocycles. The van der Waals surface area contributed by atoms with Crippen molar-refractivity contribution >= 4 is 0 Å². The lowest BCUT2D eigenvalue weighted by Crippen LogP contribution is -2.47. The minimum atomic E-state index is 0.244. The molecule has 0 aromatic carbocycles. The summed E-state index contributed by atoms with van der Waals surface area (Å²) >= 11 is 0. The fourth-order valence-corrected chi connectivity index (χ4v) is 6.24. The summed E-state index contributed by atoms with van der Waals surface area (Å²) in [4.78, 5) is 22.8. The SMILES string of the molecule is Cn1ccnc1CN1C[C@@H]2C[C@H](C1)c1ccc(CN3C[C@H]4COC[C@H]4C3)c(=O)n1C2. The van der Waals surface area contributed by atoms with E-state index in [1.54, 1.807) is 0 Å². The molecule has 0 spiro atoms. The molecule has 0 N–H and O–H groups in total. The van der Waals surface area contributed by atoms with Crippen LogP contribution in [-0.4, -0.2) is 63.3 Å². The minimum absolute atomic E-state index is 0.244. The fourth-order valence-electron chi connectivity index (χ4n) is 6.24. The molecule has 4 atom stereocenters. The predicted molar refractivity (Wildman–Crippen MR) is 113 cm³/mol. The Bertz CT molecular complexity index is 986. The zero-order valence-electron chi connectivity index (χ0n) is 17.7. The standard InChI is InChI=1S/C23H31N5O2/c1-25-5-4-24-22(25)13-26-7-16-6-18(10-26)21-3-2-17(23(29)28(21)8-16)9-27-11-19-14-30-15-20(19)12-27/h2-5,16,18-20H,6-15H2,1H3/t16-,18+,19-,20+/m0/s1. The number of imidazole rings is 1. The molecule has 0 aliphatic carbocycles. The van der Waals surface area contributed by atoms with Gasteiger partial charge in [-0.1, -0.05) is 6.07 Å². The Morgan fingerprint density at radius 3 is 2.60 bits per heavy atom. The second-order valence-electron chi connectivity index (χ2n) is 9.90. The van der Waals surface area contributed by atoms with Crippen LogP contribution in [0.2, 0.25) is 0 Å². The van der Waals surface area contributed by atoms with Crippen LogP contribution in [0, 0.1) is 17.8 Å². The van der Waals surface area contributed by atoms with E-state index in [0.29, 0.717) is 23.7 Å². The lowest BCUT2D eigenvalue weighted by Gasteiger charge is -2.42. The van der Waals surface area contributed by atoms with E-state index in [1.165, 1.54) is 12.1 Å². The van der Waals surface area contributed by atoms with Gasteiger partial charge in [-0.25, -0.2) is 4.98 Å². The molecule has 7 heteroatoms. The van der Waals surface area contributed by atoms with Gasteiger partial charge >= 0.3 is 0 Å². The molecule has 0 unspecified atom stereocenters. The van der Waals surface area contributed by atoms with Gasteiger partial charge in [-0.05, 0) is 18.4 Å². The van der Waals surface area contributed by atoms with Crippen LogP contribution < -0.4 is 5.56 Å². The van der Waals surface area contributed by atoms with Crippen LogP contribution in [0.15, 0.2) is 29.3 Å². The molecule has 2 aromatic rings.